The van der Waals surface area contributed by atoms with Crippen LogP contribution < -0.4 is 9.46 Å². The van der Waals surface area contributed by atoms with Gasteiger partial charge in [-0.15, -0.1) is 11.3 Å². The molecule has 0 saturated heterocycles. The molecular weight excluding hydrogens is 350 g/mol. The van der Waals surface area contributed by atoms with Gasteiger partial charge in [0.05, 0.1) is 22.9 Å². The first kappa shape index (κ1) is 16.6. The van der Waals surface area contributed by atoms with Gasteiger partial charge in [0.15, 0.2) is 0 Å². The maximum absolute atomic E-state index is 12.2. The van der Waals surface area contributed by atoms with E-state index in [1.165, 1.54) is 17.5 Å². The van der Waals surface area contributed by atoms with Gasteiger partial charge in [-0.3, -0.25) is 4.72 Å². The van der Waals surface area contributed by atoms with E-state index < -0.39 is 16.0 Å². The second kappa shape index (κ2) is 6.55. The number of hydrogen-bond donors (Lipinski definition) is 2. The Kier molecular flexibility index (Phi) is 4.94. The van der Waals surface area contributed by atoms with E-state index >= 15 is 0 Å². The molecule has 9 heteroatoms. The largest absolute Gasteiger partial charge is 0.492 e. The van der Waals surface area contributed by atoms with E-state index in [0.717, 1.165) is 17.4 Å². The van der Waals surface area contributed by atoms with Gasteiger partial charge in [-0.05, 0) is 31.2 Å². The molecule has 0 radical (unpaired) electrons. The van der Waals surface area contributed by atoms with Crippen LogP contribution in [0.25, 0.3) is 0 Å². The molecule has 22 heavy (non-hydrogen) atoms. The highest BCUT2D eigenvalue weighted by molar-refractivity contribution is 7.94. The molecule has 0 saturated carbocycles. The second-order valence-corrected chi connectivity index (χ2v) is 7.37. The number of aromatic carboxylic acids is 1. The minimum atomic E-state index is -3.86. The molecule has 0 atom stereocenters. The number of sulfonamides is 1. The predicted molar refractivity (Wildman–Crippen MR) is 84.7 cm³/mol. The van der Waals surface area contributed by atoms with Crippen molar-refractivity contribution in [2.75, 3.05) is 11.3 Å². The topological polar surface area (TPSA) is 92.7 Å². The van der Waals surface area contributed by atoms with Crippen molar-refractivity contribution in [1.29, 1.82) is 0 Å². The molecule has 0 aliphatic carbocycles. The summed E-state index contributed by atoms with van der Waals surface area (Å²) in [6.45, 7) is 2.25. The highest BCUT2D eigenvalue weighted by Crippen LogP contribution is 2.29. The van der Waals surface area contributed by atoms with Crippen LogP contribution in [0.15, 0.2) is 33.9 Å². The molecule has 0 aliphatic heterocycles. The van der Waals surface area contributed by atoms with Crippen molar-refractivity contribution in [2.24, 2.45) is 0 Å². The fourth-order valence-corrected chi connectivity index (χ4v) is 4.05. The Hall–Kier alpha value is -1.77. The van der Waals surface area contributed by atoms with Gasteiger partial charge in [0.1, 0.15) is 9.96 Å². The molecule has 0 amide bonds. The Balaban J connectivity index is 2.24. The van der Waals surface area contributed by atoms with Gasteiger partial charge in [-0.1, -0.05) is 11.6 Å². The Bertz CT molecular complexity index is 801. The lowest BCUT2D eigenvalue weighted by Gasteiger charge is -2.09. The van der Waals surface area contributed by atoms with Gasteiger partial charge in [-0.2, -0.15) is 0 Å². The average molecular weight is 362 g/mol. The summed E-state index contributed by atoms with van der Waals surface area (Å²) in [6.07, 6.45) is 0. The predicted octanol–water partition coefficient (Wildman–Crippen LogP) is 3.30. The van der Waals surface area contributed by atoms with Gasteiger partial charge >= 0.3 is 5.97 Å². The molecule has 2 aromatic rings. The zero-order chi connectivity index (χ0) is 16.3. The summed E-state index contributed by atoms with van der Waals surface area (Å²) in [5.41, 5.74) is 0.189. The first-order valence-electron chi connectivity index (χ1n) is 6.10. The van der Waals surface area contributed by atoms with E-state index in [9.17, 15) is 13.2 Å². The number of ether oxygens (including phenoxy) is 1. The second-order valence-electron chi connectivity index (χ2n) is 4.14. The molecule has 1 aromatic heterocycles. The standard InChI is InChI=1S/C13H12ClNO5S2/c1-2-20-11-4-3-9(6-10(11)14)15-22(18,19)12-5-8(7-21-12)13(16)17/h3-7,15H,2H2,1H3,(H,16,17). The molecule has 2 rings (SSSR count). The average Bonchev–Trinajstić information content (AvgIpc) is 2.92. The molecule has 118 valence electrons. The third kappa shape index (κ3) is 3.70. The number of benzene rings is 1. The van der Waals surface area contributed by atoms with Crippen LogP contribution in [0.1, 0.15) is 17.3 Å². The van der Waals surface area contributed by atoms with E-state index in [2.05, 4.69) is 4.72 Å². The summed E-state index contributed by atoms with van der Waals surface area (Å²) in [5, 5.41) is 10.4. The SMILES string of the molecule is CCOc1ccc(NS(=O)(=O)c2cc(C(=O)O)cs2)cc1Cl. The van der Waals surface area contributed by atoms with Gasteiger partial charge < -0.3 is 9.84 Å². The Morgan fingerprint density at radius 3 is 2.68 bits per heavy atom. The summed E-state index contributed by atoms with van der Waals surface area (Å²) >= 11 is 6.82. The number of rotatable bonds is 6. The first-order valence-corrected chi connectivity index (χ1v) is 8.84. The van der Waals surface area contributed by atoms with Crippen molar-refractivity contribution in [3.63, 3.8) is 0 Å². The Labute approximate surface area is 136 Å². The molecule has 0 aliphatic rings. The fraction of sp³-hybridized carbons (Fsp3) is 0.154. The smallest absolute Gasteiger partial charge is 0.336 e. The molecule has 0 bridgehead atoms. The number of carboxylic acids is 1. The van der Waals surface area contributed by atoms with E-state index in [-0.39, 0.29) is 20.5 Å². The van der Waals surface area contributed by atoms with Crippen LogP contribution in [0.4, 0.5) is 5.69 Å². The number of thiophene rings is 1. The van der Waals surface area contributed by atoms with Gasteiger partial charge in [0.25, 0.3) is 10.0 Å². The van der Waals surface area contributed by atoms with E-state index in [1.54, 1.807) is 6.07 Å². The van der Waals surface area contributed by atoms with Crippen molar-refractivity contribution in [2.45, 2.75) is 11.1 Å². The maximum atomic E-state index is 12.2. The molecular formula is C13H12ClNO5S2. The van der Waals surface area contributed by atoms with Crippen molar-refractivity contribution < 1.29 is 23.1 Å². The van der Waals surface area contributed by atoms with E-state index in [4.69, 9.17) is 21.4 Å². The summed E-state index contributed by atoms with van der Waals surface area (Å²) in [7, 11) is -3.86. The zero-order valence-corrected chi connectivity index (χ0v) is 13.8. The highest BCUT2D eigenvalue weighted by atomic mass is 35.5. The van der Waals surface area contributed by atoms with Crippen molar-refractivity contribution in [1.82, 2.24) is 0 Å². The van der Waals surface area contributed by atoms with Crippen LogP contribution in [-0.4, -0.2) is 26.1 Å². The lowest BCUT2D eigenvalue weighted by Crippen LogP contribution is -2.11. The number of halogens is 1. The van der Waals surface area contributed by atoms with Crippen LogP contribution in [0, 0.1) is 0 Å². The van der Waals surface area contributed by atoms with Crippen LogP contribution in [0.3, 0.4) is 0 Å². The quantitative estimate of drug-likeness (QED) is 0.823. The molecule has 0 fully saturated rings. The number of nitrogens with one attached hydrogen (secondary N) is 1. The monoisotopic (exact) mass is 361 g/mol. The van der Waals surface area contributed by atoms with Gasteiger partial charge in [-0.25, -0.2) is 13.2 Å². The molecule has 1 aromatic carbocycles. The lowest BCUT2D eigenvalue weighted by molar-refractivity contribution is 0.0697. The van der Waals surface area contributed by atoms with Crippen LogP contribution in [-0.2, 0) is 10.0 Å². The maximum Gasteiger partial charge on any atom is 0.336 e. The fourth-order valence-electron chi connectivity index (χ4n) is 1.61. The summed E-state index contributed by atoms with van der Waals surface area (Å²) in [5.74, 6) is -0.724. The molecule has 1 heterocycles. The lowest BCUT2D eigenvalue weighted by atomic mass is 10.3. The number of hydrogen-bond acceptors (Lipinski definition) is 5. The third-order valence-electron chi connectivity index (χ3n) is 2.57. The Morgan fingerprint density at radius 1 is 1.41 bits per heavy atom. The van der Waals surface area contributed by atoms with Gasteiger partial charge in [0, 0.05) is 5.38 Å². The molecule has 0 spiro atoms. The summed E-state index contributed by atoms with van der Waals surface area (Å²) < 4.78 is 31.9. The minimum absolute atomic E-state index is 0.0740. The van der Waals surface area contributed by atoms with E-state index in [1.807, 2.05) is 6.92 Å². The number of anilines is 1. The minimum Gasteiger partial charge on any atom is -0.492 e. The summed E-state index contributed by atoms with van der Waals surface area (Å²) in [6, 6.07) is 5.60. The van der Waals surface area contributed by atoms with Gasteiger partial charge in [0.2, 0.25) is 0 Å². The zero-order valence-electron chi connectivity index (χ0n) is 11.4. The van der Waals surface area contributed by atoms with Crippen LogP contribution >= 0.6 is 22.9 Å². The van der Waals surface area contributed by atoms with Crippen LogP contribution in [0.5, 0.6) is 5.75 Å². The van der Waals surface area contributed by atoms with E-state index in [0.29, 0.717) is 12.4 Å². The van der Waals surface area contributed by atoms with Crippen molar-refractivity contribution >= 4 is 44.6 Å². The van der Waals surface area contributed by atoms with Crippen molar-refractivity contribution in [3.05, 3.63) is 40.2 Å². The Morgan fingerprint density at radius 2 is 2.14 bits per heavy atom. The summed E-state index contributed by atoms with van der Waals surface area (Å²) in [4.78, 5) is 10.8. The third-order valence-corrected chi connectivity index (χ3v) is 5.69. The number of carbonyl (C=O) groups is 1. The number of carboxylic acid groups (broad SMARTS) is 1. The molecule has 2 N–H and O–H groups in total. The first-order chi connectivity index (χ1) is 10.3. The highest BCUT2D eigenvalue weighted by Gasteiger charge is 2.19. The molecule has 0 unspecified atom stereocenters. The molecule has 6 nitrogen and oxygen atoms in total. The normalized spacial score (nSPS) is 11.2. The van der Waals surface area contributed by atoms with Crippen LogP contribution in [0.2, 0.25) is 5.02 Å². The van der Waals surface area contributed by atoms with Crippen molar-refractivity contribution in [3.8, 4) is 5.75 Å².